The summed E-state index contributed by atoms with van der Waals surface area (Å²) in [5.74, 6) is -1.53. The molecular formula is C20H19F2N3O2. The number of halogens is 2. The van der Waals surface area contributed by atoms with Crippen LogP contribution in [0.3, 0.4) is 0 Å². The van der Waals surface area contributed by atoms with Crippen LogP contribution in [0.4, 0.5) is 14.5 Å². The first-order valence-corrected chi connectivity index (χ1v) is 8.92. The van der Waals surface area contributed by atoms with Crippen molar-refractivity contribution in [2.75, 3.05) is 11.9 Å². The van der Waals surface area contributed by atoms with Crippen LogP contribution in [0.5, 0.6) is 0 Å². The summed E-state index contributed by atoms with van der Waals surface area (Å²) in [5.41, 5.74) is 2.53. The second-order valence-corrected chi connectivity index (χ2v) is 6.85. The van der Waals surface area contributed by atoms with Crippen molar-refractivity contribution >= 4 is 17.5 Å². The SMILES string of the molecule is O=C1NCc2c(NC3CCCN(Cc4ccc(F)cc4F)C3=O)cccc21. The Morgan fingerprint density at radius 2 is 2.04 bits per heavy atom. The van der Waals surface area contributed by atoms with E-state index in [2.05, 4.69) is 10.6 Å². The topological polar surface area (TPSA) is 61.4 Å². The fraction of sp³-hybridized carbons (Fsp3) is 0.300. The zero-order valence-corrected chi connectivity index (χ0v) is 14.6. The quantitative estimate of drug-likeness (QED) is 0.869. The molecule has 0 spiro atoms. The number of nitrogens with zero attached hydrogens (tertiary/aromatic N) is 1. The minimum absolute atomic E-state index is 0.107. The van der Waals surface area contributed by atoms with Gasteiger partial charge in [-0.3, -0.25) is 9.59 Å². The lowest BCUT2D eigenvalue weighted by atomic mass is 10.0. The summed E-state index contributed by atoms with van der Waals surface area (Å²) in [6.07, 6.45) is 1.44. The molecule has 1 unspecified atom stereocenters. The molecule has 7 heteroatoms. The molecule has 0 radical (unpaired) electrons. The molecule has 0 bridgehead atoms. The van der Waals surface area contributed by atoms with Gasteiger partial charge in [0.05, 0.1) is 0 Å². The highest BCUT2D eigenvalue weighted by molar-refractivity contribution is 6.00. The maximum absolute atomic E-state index is 13.9. The Kier molecular flexibility index (Phi) is 4.51. The van der Waals surface area contributed by atoms with Crippen LogP contribution in [0.25, 0.3) is 0 Å². The van der Waals surface area contributed by atoms with E-state index in [0.717, 1.165) is 23.7 Å². The highest BCUT2D eigenvalue weighted by atomic mass is 19.1. The number of benzene rings is 2. The van der Waals surface area contributed by atoms with Gasteiger partial charge in [0.25, 0.3) is 5.91 Å². The Morgan fingerprint density at radius 3 is 2.85 bits per heavy atom. The van der Waals surface area contributed by atoms with Gasteiger partial charge in [-0.1, -0.05) is 12.1 Å². The molecule has 5 nitrogen and oxygen atoms in total. The van der Waals surface area contributed by atoms with Crippen molar-refractivity contribution in [1.29, 1.82) is 0 Å². The number of hydrogen-bond acceptors (Lipinski definition) is 3. The van der Waals surface area contributed by atoms with E-state index in [9.17, 15) is 18.4 Å². The average molecular weight is 371 g/mol. The van der Waals surface area contributed by atoms with Crippen molar-refractivity contribution in [3.8, 4) is 0 Å². The van der Waals surface area contributed by atoms with Gasteiger partial charge in [0.15, 0.2) is 0 Å². The maximum atomic E-state index is 13.9. The van der Waals surface area contributed by atoms with E-state index in [4.69, 9.17) is 0 Å². The van der Waals surface area contributed by atoms with Crippen molar-refractivity contribution in [2.45, 2.75) is 32.0 Å². The van der Waals surface area contributed by atoms with E-state index in [1.807, 2.05) is 6.07 Å². The van der Waals surface area contributed by atoms with Gasteiger partial charge < -0.3 is 15.5 Å². The molecule has 1 saturated heterocycles. The monoisotopic (exact) mass is 371 g/mol. The molecule has 2 aliphatic rings. The molecule has 0 aliphatic carbocycles. The van der Waals surface area contributed by atoms with Crippen LogP contribution in [0.15, 0.2) is 36.4 Å². The van der Waals surface area contributed by atoms with Crippen LogP contribution in [-0.2, 0) is 17.9 Å². The molecule has 27 heavy (non-hydrogen) atoms. The Bertz CT molecular complexity index is 916. The number of fused-ring (bicyclic) bond motifs is 1. The predicted molar refractivity (Wildman–Crippen MR) is 96.0 cm³/mol. The fourth-order valence-corrected chi connectivity index (χ4v) is 3.66. The number of anilines is 1. The predicted octanol–water partition coefficient (Wildman–Crippen LogP) is 2.81. The first kappa shape index (κ1) is 17.5. The maximum Gasteiger partial charge on any atom is 0.251 e. The van der Waals surface area contributed by atoms with Crippen LogP contribution in [0.1, 0.15) is 34.3 Å². The van der Waals surface area contributed by atoms with Crippen LogP contribution in [0.2, 0.25) is 0 Å². The van der Waals surface area contributed by atoms with Crippen molar-refractivity contribution in [2.24, 2.45) is 0 Å². The summed E-state index contributed by atoms with van der Waals surface area (Å²) in [6, 6.07) is 8.35. The molecule has 4 rings (SSSR count). The van der Waals surface area contributed by atoms with Gasteiger partial charge in [0, 0.05) is 48.1 Å². The molecule has 2 aromatic carbocycles. The second-order valence-electron chi connectivity index (χ2n) is 6.85. The Balaban J connectivity index is 1.50. The first-order valence-electron chi connectivity index (χ1n) is 8.92. The molecule has 140 valence electrons. The lowest BCUT2D eigenvalue weighted by molar-refractivity contribution is -0.134. The minimum Gasteiger partial charge on any atom is -0.373 e. The minimum atomic E-state index is -0.650. The van der Waals surface area contributed by atoms with Gasteiger partial charge in [-0.15, -0.1) is 0 Å². The van der Waals surface area contributed by atoms with Gasteiger partial charge in [-0.25, -0.2) is 8.78 Å². The van der Waals surface area contributed by atoms with Gasteiger partial charge in [0.1, 0.15) is 17.7 Å². The van der Waals surface area contributed by atoms with Crippen molar-refractivity contribution in [1.82, 2.24) is 10.2 Å². The largest absolute Gasteiger partial charge is 0.373 e. The van der Waals surface area contributed by atoms with E-state index < -0.39 is 17.7 Å². The van der Waals surface area contributed by atoms with Gasteiger partial charge in [0.2, 0.25) is 5.91 Å². The van der Waals surface area contributed by atoms with Crippen LogP contribution >= 0.6 is 0 Å². The number of carbonyl (C=O) groups is 2. The van der Waals surface area contributed by atoms with E-state index in [1.54, 1.807) is 17.0 Å². The molecule has 2 aliphatic heterocycles. The number of hydrogen-bond donors (Lipinski definition) is 2. The van der Waals surface area contributed by atoms with E-state index in [1.165, 1.54) is 12.1 Å². The normalized spacial score (nSPS) is 19.0. The number of amides is 2. The zero-order valence-electron chi connectivity index (χ0n) is 14.6. The molecule has 2 heterocycles. The summed E-state index contributed by atoms with van der Waals surface area (Å²) in [7, 11) is 0. The Labute approximate surface area is 155 Å². The van der Waals surface area contributed by atoms with Crippen LogP contribution in [-0.4, -0.2) is 29.3 Å². The van der Waals surface area contributed by atoms with Crippen LogP contribution < -0.4 is 10.6 Å². The van der Waals surface area contributed by atoms with Gasteiger partial charge in [-0.05, 0) is 31.0 Å². The Morgan fingerprint density at radius 1 is 1.19 bits per heavy atom. The average Bonchev–Trinajstić information content (AvgIpc) is 3.03. The molecular weight excluding hydrogens is 352 g/mol. The number of carbonyl (C=O) groups excluding carboxylic acids is 2. The van der Waals surface area contributed by atoms with Gasteiger partial charge >= 0.3 is 0 Å². The van der Waals surface area contributed by atoms with Crippen molar-refractivity contribution in [3.63, 3.8) is 0 Å². The summed E-state index contributed by atoms with van der Waals surface area (Å²) in [6.45, 7) is 1.07. The Hall–Kier alpha value is -2.96. The standard InChI is InChI=1S/C20H19F2N3O2/c21-13-7-6-12(16(22)9-13)11-25-8-2-5-18(20(25)27)24-17-4-1-3-14-15(17)10-23-19(14)26/h1,3-4,6-7,9,18,24H,2,5,8,10-11H2,(H,23,26). The van der Waals surface area contributed by atoms with Crippen molar-refractivity contribution < 1.29 is 18.4 Å². The lowest BCUT2D eigenvalue weighted by Gasteiger charge is -2.33. The summed E-state index contributed by atoms with van der Waals surface area (Å²) >= 11 is 0. The third-order valence-corrected chi connectivity index (χ3v) is 5.08. The molecule has 0 aromatic heterocycles. The summed E-state index contributed by atoms with van der Waals surface area (Å²) in [4.78, 5) is 26.3. The van der Waals surface area contributed by atoms with E-state index in [-0.39, 0.29) is 18.4 Å². The van der Waals surface area contributed by atoms with E-state index >= 15 is 0 Å². The molecule has 1 atom stereocenters. The number of likely N-dealkylation sites (tertiary alicyclic amines) is 1. The van der Waals surface area contributed by atoms with E-state index in [0.29, 0.717) is 30.6 Å². The number of nitrogens with one attached hydrogen (secondary N) is 2. The summed E-state index contributed by atoms with van der Waals surface area (Å²) < 4.78 is 27.0. The van der Waals surface area contributed by atoms with Crippen molar-refractivity contribution in [3.05, 3.63) is 64.7 Å². The molecule has 2 aromatic rings. The lowest BCUT2D eigenvalue weighted by Crippen LogP contribution is -2.47. The summed E-state index contributed by atoms with van der Waals surface area (Å²) in [5, 5.41) is 6.03. The molecule has 2 amide bonds. The number of piperidine rings is 1. The third kappa shape index (κ3) is 3.37. The molecule has 2 N–H and O–H groups in total. The third-order valence-electron chi connectivity index (χ3n) is 5.08. The molecule has 1 fully saturated rings. The first-order chi connectivity index (χ1) is 13.0. The fourth-order valence-electron chi connectivity index (χ4n) is 3.66. The number of rotatable bonds is 4. The highest BCUT2D eigenvalue weighted by Crippen LogP contribution is 2.27. The highest BCUT2D eigenvalue weighted by Gasteiger charge is 2.30. The van der Waals surface area contributed by atoms with Gasteiger partial charge in [-0.2, -0.15) is 0 Å². The smallest absolute Gasteiger partial charge is 0.251 e. The molecule has 0 saturated carbocycles. The zero-order chi connectivity index (χ0) is 19.0. The van der Waals surface area contributed by atoms with Crippen LogP contribution in [0, 0.1) is 11.6 Å². The second kappa shape index (κ2) is 6.98.